The lowest BCUT2D eigenvalue weighted by molar-refractivity contribution is 0.0631. The van der Waals surface area contributed by atoms with Crippen LogP contribution in [0.2, 0.25) is 5.02 Å². The zero-order valence-electron chi connectivity index (χ0n) is 17.4. The van der Waals surface area contributed by atoms with Crippen LogP contribution in [0.15, 0.2) is 71.3 Å². The van der Waals surface area contributed by atoms with Crippen molar-refractivity contribution in [3.63, 3.8) is 0 Å². The van der Waals surface area contributed by atoms with Crippen molar-refractivity contribution in [2.45, 2.75) is 13.5 Å². The number of hydrogen-bond acceptors (Lipinski definition) is 5. The van der Waals surface area contributed by atoms with Gasteiger partial charge in [0.1, 0.15) is 11.6 Å². The van der Waals surface area contributed by atoms with E-state index in [1.165, 1.54) is 24.5 Å². The lowest BCUT2D eigenvalue weighted by Gasteiger charge is -2.11. The number of fused-ring (bicyclic) bond motifs is 1. The highest BCUT2D eigenvalue weighted by atomic mass is 35.5. The van der Waals surface area contributed by atoms with Crippen LogP contribution in [-0.2, 0) is 6.54 Å². The predicted octanol–water partition coefficient (Wildman–Crippen LogP) is 4.48. The maximum absolute atomic E-state index is 13.0. The van der Waals surface area contributed by atoms with Gasteiger partial charge < -0.3 is 9.73 Å². The second-order valence-electron chi connectivity index (χ2n) is 7.55. The zero-order valence-corrected chi connectivity index (χ0v) is 18.2. The number of carbonyl (C=O) groups excluding carboxylic acids is 3. The van der Waals surface area contributed by atoms with Gasteiger partial charge in [0.05, 0.1) is 35.3 Å². The first kappa shape index (κ1) is 20.7. The van der Waals surface area contributed by atoms with Crippen molar-refractivity contribution in [1.82, 2.24) is 14.7 Å². The predicted molar refractivity (Wildman–Crippen MR) is 121 cm³/mol. The van der Waals surface area contributed by atoms with Crippen LogP contribution in [0, 0.1) is 6.92 Å². The van der Waals surface area contributed by atoms with Gasteiger partial charge in [0.25, 0.3) is 17.7 Å². The van der Waals surface area contributed by atoms with E-state index in [9.17, 15) is 14.4 Å². The third kappa shape index (κ3) is 3.81. The standard InChI is InChI=1S/C24H17ClN4O4/c1-14-10-21(29(27-14)17-5-2-4-16(25)12-17)26-22(30)15-7-8-19-20(11-15)24(32)28(23(19)31)13-18-6-3-9-33-18/h2-12H,13H2,1H3,(H,26,30). The van der Waals surface area contributed by atoms with Gasteiger partial charge >= 0.3 is 0 Å². The van der Waals surface area contributed by atoms with Crippen LogP contribution in [0.5, 0.6) is 0 Å². The molecule has 0 radical (unpaired) electrons. The van der Waals surface area contributed by atoms with Gasteiger partial charge in [0.15, 0.2) is 0 Å². The molecule has 9 heteroatoms. The number of amides is 3. The van der Waals surface area contributed by atoms with Crippen molar-refractivity contribution in [1.29, 1.82) is 0 Å². The molecule has 3 heterocycles. The summed E-state index contributed by atoms with van der Waals surface area (Å²) in [6.07, 6.45) is 1.48. The Morgan fingerprint density at radius 1 is 1.03 bits per heavy atom. The first-order chi connectivity index (χ1) is 15.9. The Bertz CT molecular complexity index is 1410. The number of carbonyl (C=O) groups is 3. The van der Waals surface area contributed by atoms with Crippen LogP contribution in [-0.4, -0.2) is 32.4 Å². The molecular formula is C24H17ClN4O4. The maximum atomic E-state index is 13.0. The smallest absolute Gasteiger partial charge is 0.261 e. The van der Waals surface area contributed by atoms with Crippen molar-refractivity contribution in [2.24, 2.45) is 0 Å². The van der Waals surface area contributed by atoms with Crippen molar-refractivity contribution < 1.29 is 18.8 Å². The number of aryl methyl sites for hydroxylation is 1. The average molecular weight is 461 g/mol. The molecule has 0 saturated carbocycles. The second-order valence-corrected chi connectivity index (χ2v) is 7.99. The van der Waals surface area contributed by atoms with Gasteiger partial charge in [-0.2, -0.15) is 5.10 Å². The number of nitrogens with one attached hydrogen (secondary N) is 1. The Balaban J connectivity index is 1.41. The van der Waals surface area contributed by atoms with E-state index in [0.717, 1.165) is 4.90 Å². The summed E-state index contributed by atoms with van der Waals surface area (Å²) in [7, 11) is 0. The minimum Gasteiger partial charge on any atom is -0.467 e. The number of halogens is 1. The SMILES string of the molecule is Cc1cc(NC(=O)c2ccc3c(c2)C(=O)N(Cc2ccco2)C3=O)n(-c2cccc(Cl)c2)n1. The van der Waals surface area contributed by atoms with Crippen molar-refractivity contribution >= 4 is 35.1 Å². The number of rotatable bonds is 5. The second kappa shape index (κ2) is 8.07. The summed E-state index contributed by atoms with van der Waals surface area (Å²) in [6.45, 7) is 1.84. The molecule has 0 spiro atoms. The first-order valence-corrected chi connectivity index (χ1v) is 10.4. The largest absolute Gasteiger partial charge is 0.467 e. The highest BCUT2D eigenvalue weighted by Crippen LogP contribution is 2.27. The van der Waals surface area contributed by atoms with Crippen molar-refractivity contribution in [3.8, 4) is 5.69 Å². The van der Waals surface area contributed by atoms with E-state index >= 15 is 0 Å². The van der Waals surface area contributed by atoms with Crippen molar-refractivity contribution in [3.05, 3.63) is 100 Å². The van der Waals surface area contributed by atoms with Gasteiger partial charge in [0, 0.05) is 16.7 Å². The first-order valence-electron chi connectivity index (χ1n) is 10.1. The molecule has 2 aromatic heterocycles. The highest BCUT2D eigenvalue weighted by molar-refractivity contribution is 6.30. The van der Waals surface area contributed by atoms with Crippen LogP contribution in [0.25, 0.3) is 5.69 Å². The minimum absolute atomic E-state index is 0.0268. The number of anilines is 1. The molecule has 0 fully saturated rings. The van der Waals surface area contributed by atoms with Gasteiger partial charge in [-0.25, -0.2) is 4.68 Å². The Hall–Kier alpha value is -4.17. The molecule has 164 valence electrons. The number of hydrogen-bond donors (Lipinski definition) is 1. The number of imide groups is 1. The van der Waals surface area contributed by atoms with E-state index in [1.807, 2.05) is 13.0 Å². The van der Waals surface area contributed by atoms with Crippen LogP contribution in [0.4, 0.5) is 5.82 Å². The summed E-state index contributed by atoms with van der Waals surface area (Å²) in [5, 5.41) is 7.79. The van der Waals surface area contributed by atoms with E-state index in [2.05, 4.69) is 10.4 Å². The molecule has 0 unspecified atom stereocenters. The molecule has 1 aliphatic rings. The van der Waals surface area contributed by atoms with Gasteiger partial charge in [-0.05, 0) is 55.5 Å². The fourth-order valence-corrected chi connectivity index (χ4v) is 3.90. The monoisotopic (exact) mass is 460 g/mol. The summed E-state index contributed by atoms with van der Waals surface area (Å²) in [4.78, 5) is 39.6. The molecule has 5 rings (SSSR count). The number of aromatic nitrogens is 2. The average Bonchev–Trinajstić information content (AvgIpc) is 3.50. The van der Waals surface area contributed by atoms with Crippen LogP contribution in [0.1, 0.15) is 42.5 Å². The molecule has 0 bridgehead atoms. The molecule has 4 aromatic rings. The third-order valence-electron chi connectivity index (χ3n) is 5.25. The number of nitrogens with zero attached hydrogens (tertiary/aromatic N) is 3. The molecule has 0 saturated heterocycles. The van der Waals surface area contributed by atoms with E-state index in [0.29, 0.717) is 28.0 Å². The topological polar surface area (TPSA) is 97.4 Å². The number of furan rings is 1. The van der Waals surface area contributed by atoms with Crippen LogP contribution >= 0.6 is 11.6 Å². The van der Waals surface area contributed by atoms with Crippen molar-refractivity contribution in [2.75, 3.05) is 5.32 Å². The fourth-order valence-electron chi connectivity index (χ4n) is 3.72. The Labute approximate surface area is 193 Å². The summed E-state index contributed by atoms with van der Waals surface area (Å²) in [6, 6.07) is 16.6. The fraction of sp³-hybridized carbons (Fsp3) is 0.0833. The molecule has 2 aromatic carbocycles. The molecule has 1 aliphatic heterocycles. The summed E-state index contributed by atoms with van der Waals surface area (Å²) in [5.74, 6) is -0.395. The quantitative estimate of drug-likeness (QED) is 0.443. The van der Waals surface area contributed by atoms with Gasteiger partial charge in [0.2, 0.25) is 0 Å². The van der Waals surface area contributed by atoms with Gasteiger partial charge in [-0.1, -0.05) is 17.7 Å². The highest BCUT2D eigenvalue weighted by Gasteiger charge is 2.36. The van der Waals surface area contributed by atoms with Gasteiger partial charge in [-0.3, -0.25) is 19.3 Å². The lowest BCUT2D eigenvalue weighted by Crippen LogP contribution is -2.28. The third-order valence-corrected chi connectivity index (χ3v) is 5.49. The zero-order chi connectivity index (χ0) is 23.1. The van der Waals surface area contributed by atoms with Crippen LogP contribution in [0.3, 0.4) is 0 Å². The minimum atomic E-state index is -0.471. The summed E-state index contributed by atoms with van der Waals surface area (Å²) in [5.41, 5.74) is 2.07. The Kier molecular flexibility index (Phi) is 5.07. The Morgan fingerprint density at radius 2 is 1.85 bits per heavy atom. The molecule has 8 nitrogen and oxygen atoms in total. The van der Waals surface area contributed by atoms with E-state index < -0.39 is 17.7 Å². The number of benzene rings is 2. The Morgan fingerprint density at radius 3 is 2.61 bits per heavy atom. The van der Waals surface area contributed by atoms with E-state index in [-0.39, 0.29) is 23.2 Å². The molecule has 0 aliphatic carbocycles. The van der Waals surface area contributed by atoms with Crippen LogP contribution < -0.4 is 5.32 Å². The van der Waals surface area contributed by atoms with E-state index in [1.54, 1.807) is 41.1 Å². The summed E-state index contributed by atoms with van der Waals surface area (Å²) < 4.78 is 6.83. The molecule has 33 heavy (non-hydrogen) atoms. The molecule has 1 N–H and O–H groups in total. The molecule has 0 atom stereocenters. The normalized spacial score (nSPS) is 12.8. The van der Waals surface area contributed by atoms with Gasteiger partial charge in [-0.15, -0.1) is 0 Å². The molecular weight excluding hydrogens is 444 g/mol. The lowest BCUT2D eigenvalue weighted by atomic mass is 10.1. The maximum Gasteiger partial charge on any atom is 0.261 e. The summed E-state index contributed by atoms with van der Waals surface area (Å²) >= 11 is 6.09. The van der Waals surface area contributed by atoms with E-state index in [4.69, 9.17) is 16.0 Å². The molecule has 3 amide bonds.